The third-order valence-corrected chi connectivity index (χ3v) is 4.65. The van der Waals surface area contributed by atoms with Gasteiger partial charge >= 0.3 is 0 Å². The van der Waals surface area contributed by atoms with Gasteiger partial charge in [0.15, 0.2) is 6.61 Å². The van der Waals surface area contributed by atoms with Gasteiger partial charge in [0, 0.05) is 32.7 Å². The van der Waals surface area contributed by atoms with Gasteiger partial charge in [-0.2, -0.15) is 0 Å². The third kappa shape index (κ3) is 5.07. The zero-order chi connectivity index (χ0) is 19.1. The first kappa shape index (κ1) is 19.4. The Hall–Kier alpha value is -2.41. The van der Waals surface area contributed by atoms with E-state index < -0.39 is 0 Å². The summed E-state index contributed by atoms with van der Waals surface area (Å²) in [4.78, 5) is 29.3. The van der Waals surface area contributed by atoms with Crippen molar-refractivity contribution in [1.82, 2.24) is 14.9 Å². The highest BCUT2D eigenvalue weighted by molar-refractivity contribution is 5.80. The van der Waals surface area contributed by atoms with Crippen LogP contribution in [0.15, 0.2) is 23.0 Å². The largest absolute Gasteiger partial charge is 0.484 e. The number of benzene rings is 1. The molecule has 3 rings (SSSR count). The van der Waals surface area contributed by atoms with Crippen LogP contribution in [0.2, 0.25) is 0 Å². The maximum Gasteiger partial charge on any atom is 0.261 e. The van der Waals surface area contributed by atoms with Crippen molar-refractivity contribution in [3.63, 3.8) is 0 Å². The van der Waals surface area contributed by atoms with Crippen LogP contribution in [0.5, 0.6) is 5.75 Å². The van der Waals surface area contributed by atoms with Crippen molar-refractivity contribution in [1.29, 1.82) is 0 Å². The van der Waals surface area contributed by atoms with E-state index in [9.17, 15) is 9.59 Å². The van der Waals surface area contributed by atoms with Gasteiger partial charge in [-0.1, -0.05) is 6.42 Å². The predicted octanol–water partition coefficient (Wildman–Crippen LogP) is 2.04. The van der Waals surface area contributed by atoms with Gasteiger partial charge in [0.25, 0.3) is 11.5 Å². The number of fused-ring (bicyclic) bond motifs is 2. The fourth-order valence-electron chi connectivity index (χ4n) is 3.23. The summed E-state index contributed by atoms with van der Waals surface area (Å²) in [6.45, 7) is 4.43. The second kappa shape index (κ2) is 9.50. The number of amides is 1. The number of hydrogen-bond donors (Lipinski definition) is 1. The molecule has 0 saturated carbocycles. The van der Waals surface area contributed by atoms with Crippen LogP contribution < -0.4 is 15.6 Å². The Labute approximate surface area is 158 Å². The van der Waals surface area contributed by atoms with E-state index in [-0.39, 0.29) is 18.1 Å². The van der Waals surface area contributed by atoms with Crippen molar-refractivity contribution in [3.8, 4) is 5.75 Å². The molecule has 146 valence electrons. The Kier molecular flexibility index (Phi) is 6.81. The van der Waals surface area contributed by atoms with Gasteiger partial charge in [-0.25, -0.2) is 4.98 Å². The van der Waals surface area contributed by atoms with Gasteiger partial charge < -0.3 is 14.8 Å². The van der Waals surface area contributed by atoms with Gasteiger partial charge in [0.05, 0.1) is 10.9 Å². The molecule has 1 aromatic carbocycles. The molecule has 0 saturated heterocycles. The SMILES string of the molecule is CCOCCCNC(=O)COc1ccc2nc3n(c(=O)c2c1)CCCCC3. The molecule has 0 aliphatic carbocycles. The van der Waals surface area contributed by atoms with Crippen LogP contribution in [0.4, 0.5) is 0 Å². The van der Waals surface area contributed by atoms with E-state index in [2.05, 4.69) is 10.3 Å². The molecule has 2 aromatic rings. The summed E-state index contributed by atoms with van der Waals surface area (Å²) in [6, 6.07) is 5.23. The first-order valence-corrected chi connectivity index (χ1v) is 9.69. The third-order valence-electron chi connectivity index (χ3n) is 4.65. The molecule has 1 N–H and O–H groups in total. The number of rotatable bonds is 8. The van der Waals surface area contributed by atoms with Crippen LogP contribution in [0.3, 0.4) is 0 Å². The highest BCUT2D eigenvalue weighted by atomic mass is 16.5. The second-order valence-electron chi connectivity index (χ2n) is 6.66. The molecule has 27 heavy (non-hydrogen) atoms. The number of nitrogens with zero attached hydrogens (tertiary/aromatic N) is 2. The van der Waals surface area contributed by atoms with Gasteiger partial charge in [-0.15, -0.1) is 0 Å². The topological polar surface area (TPSA) is 82.4 Å². The van der Waals surface area contributed by atoms with E-state index in [0.29, 0.717) is 43.0 Å². The lowest BCUT2D eigenvalue weighted by Gasteiger charge is -2.11. The summed E-state index contributed by atoms with van der Waals surface area (Å²) < 4.78 is 12.6. The molecule has 1 aliphatic heterocycles. The van der Waals surface area contributed by atoms with Crippen molar-refractivity contribution in [2.45, 2.75) is 45.6 Å². The maximum atomic E-state index is 12.8. The normalized spacial score (nSPS) is 13.8. The molecule has 1 aliphatic rings. The molecule has 0 spiro atoms. The molecule has 0 atom stereocenters. The van der Waals surface area contributed by atoms with E-state index in [1.165, 1.54) is 0 Å². The molecular weight excluding hydrogens is 346 g/mol. The average molecular weight is 373 g/mol. The van der Waals surface area contributed by atoms with Gasteiger partial charge in [-0.05, 0) is 44.4 Å². The van der Waals surface area contributed by atoms with Crippen LogP contribution in [0.1, 0.15) is 38.4 Å². The van der Waals surface area contributed by atoms with Gasteiger partial charge in [0.1, 0.15) is 11.6 Å². The Morgan fingerprint density at radius 2 is 2.19 bits per heavy atom. The number of carbonyl (C=O) groups excluding carboxylic acids is 1. The Morgan fingerprint density at radius 1 is 1.30 bits per heavy atom. The molecule has 0 radical (unpaired) electrons. The smallest absolute Gasteiger partial charge is 0.261 e. The Morgan fingerprint density at radius 3 is 3.04 bits per heavy atom. The van der Waals surface area contributed by atoms with Crippen LogP contribution in [0.25, 0.3) is 10.9 Å². The summed E-state index contributed by atoms with van der Waals surface area (Å²) in [5.41, 5.74) is 0.656. The van der Waals surface area contributed by atoms with Crippen molar-refractivity contribution in [2.75, 3.05) is 26.4 Å². The van der Waals surface area contributed by atoms with Gasteiger partial charge in [-0.3, -0.25) is 14.2 Å². The summed E-state index contributed by atoms with van der Waals surface area (Å²) >= 11 is 0. The first-order chi connectivity index (χ1) is 13.2. The monoisotopic (exact) mass is 373 g/mol. The number of carbonyl (C=O) groups is 1. The molecule has 1 aromatic heterocycles. The first-order valence-electron chi connectivity index (χ1n) is 9.69. The van der Waals surface area contributed by atoms with Crippen LogP contribution in [-0.4, -0.2) is 41.8 Å². The van der Waals surface area contributed by atoms with Crippen LogP contribution >= 0.6 is 0 Å². The van der Waals surface area contributed by atoms with Crippen molar-refractivity contribution >= 4 is 16.8 Å². The summed E-state index contributed by atoms with van der Waals surface area (Å²) in [5.74, 6) is 1.17. The summed E-state index contributed by atoms with van der Waals surface area (Å²) in [7, 11) is 0. The standard InChI is InChI=1S/C20H27N3O4/c1-2-26-12-6-10-21-19(24)14-27-15-8-9-17-16(13-15)20(25)23-11-5-3-4-7-18(23)22-17/h8-9,13H,2-7,10-12,14H2,1H3,(H,21,24). The molecule has 1 amide bonds. The molecule has 0 unspecified atom stereocenters. The second-order valence-corrected chi connectivity index (χ2v) is 6.66. The predicted molar refractivity (Wildman–Crippen MR) is 103 cm³/mol. The Bertz CT molecular complexity index is 847. The highest BCUT2D eigenvalue weighted by Gasteiger charge is 2.14. The average Bonchev–Trinajstić information content (AvgIpc) is 2.92. The summed E-state index contributed by atoms with van der Waals surface area (Å²) in [5, 5.41) is 3.32. The maximum absolute atomic E-state index is 12.8. The lowest BCUT2D eigenvalue weighted by atomic mass is 10.2. The van der Waals surface area contributed by atoms with Crippen LogP contribution in [0, 0.1) is 0 Å². The zero-order valence-corrected chi connectivity index (χ0v) is 15.8. The molecular formula is C20H27N3O4. The van der Waals surface area contributed by atoms with Crippen molar-refractivity contribution in [2.24, 2.45) is 0 Å². The number of hydrogen-bond acceptors (Lipinski definition) is 5. The number of aromatic nitrogens is 2. The van der Waals surface area contributed by atoms with Gasteiger partial charge in [0.2, 0.25) is 0 Å². The van der Waals surface area contributed by atoms with E-state index in [1.807, 2.05) is 6.92 Å². The number of aryl methyl sites for hydroxylation is 1. The molecule has 7 nitrogen and oxygen atoms in total. The van der Waals surface area contributed by atoms with Crippen molar-refractivity contribution < 1.29 is 14.3 Å². The molecule has 0 fully saturated rings. The Balaban J connectivity index is 1.63. The fourth-order valence-corrected chi connectivity index (χ4v) is 3.23. The van der Waals surface area contributed by atoms with E-state index in [1.54, 1.807) is 22.8 Å². The molecule has 7 heteroatoms. The highest BCUT2D eigenvalue weighted by Crippen LogP contribution is 2.19. The quantitative estimate of drug-likeness (QED) is 0.716. The van der Waals surface area contributed by atoms with Crippen LogP contribution in [-0.2, 0) is 22.5 Å². The van der Waals surface area contributed by atoms with E-state index in [4.69, 9.17) is 9.47 Å². The van der Waals surface area contributed by atoms with Crippen molar-refractivity contribution in [3.05, 3.63) is 34.4 Å². The summed E-state index contributed by atoms with van der Waals surface area (Å²) in [6.07, 6.45) is 4.79. The zero-order valence-electron chi connectivity index (χ0n) is 15.8. The lowest BCUT2D eigenvalue weighted by molar-refractivity contribution is -0.123. The number of nitrogens with one attached hydrogen (secondary N) is 1. The minimum Gasteiger partial charge on any atom is -0.484 e. The minimum atomic E-state index is -0.191. The minimum absolute atomic E-state index is 0.0253. The fraction of sp³-hybridized carbons (Fsp3) is 0.550. The number of ether oxygens (including phenoxy) is 2. The lowest BCUT2D eigenvalue weighted by Crippen LogP contribution is -2.30. The molecule has 0 bridgehead atoms. The van der Waals surface area contributed by atoms with E-state index >= 15 is 0 Å². The van der Waals surface area contributed by atoms with E-state index in [0.717, 1.165) is 37.9 Å². The molecule has 2 heterocycles.